The molecule has 0 aliphatic carbocycles. The minimum Gasteiger partial charge on any atom is -0.480 e. The van der Waals surface area contributed by atoms with E-state index in [1.165, 1.54) is 0 Å². The van der Waals surface area contributed by atoms with E-state index in [9.17, 15) is 14.7 Å². The summed E-state index contributed by atoms with van der Waals surface area (Å²) in [6.07, 6.45) is 0.323. The van der Waals surface area contributed by atoms with Crippen molar-refractivity contribution in [2.45, 2.75) is 18.4 Å². The second-order valence-electron chi connectivity index (χ2n) is 6.02. The van der Waals surface area contributed by atoms with Crippen molar-refractivity contribution in [1.29, 1.82) is 0 Å². The van der Waals surface area contributed by atoms with Crippen molar-refractivity contribution in [3.63, 3.8) is 0 Å². The number of carboxylic acids is 1. The fourth-order valence-electron chi connectivity index (χ4n) is 3.28. The molecule has 0 spiro atoms. The maximum Gasteiger partial charge on any atom is 0.318 e. The van der Waals surface area contributed by atoms with Gasteiger partial charge in [0.15, 0.2) is 0 Å². The lowest BCUT2D eigenvalue weighted by Gasteiger charge is -2.40. The Morgan fingerprint density at radius 3 is 2.25 bits per heavy atom. The van der Waals surface area contributed by atoms with Crippen LogP contribution in [0.15, 0.2) is 72.8 Å². The van der Waals surface area contributed by atoms with Gasteiger partial charge in [0.1, 0.15) is 5.41 Å². The van der Waals surface area contributed by atoms with Gasteiger partial charge in [0, 0.05) is 18.7 Å². The zero-order chi connectivity index (χ0) is 17.2. The Morgan fingerprint density at radius 2 is 1.67 bits per heavy atom. The average molecular weight is 321 g/mol. The molecule has 1 saturated heterocycles. The summed E-state index contributed by atoms with van der Waals surface area (Å²) in [5.41, 5.74) is 0.408. The van der Waals surface area contributed by atoms with Gasteiger partial charge in [0.05, 0.1) is 0 Å². The highest BCUT2D eigenvalue weighted by atomic mass is 16.4. The second kappa shape index (κ2) is 6.32. The first kappa shape index (κ1) is 16.0. The third-order valence-corrected chi connectivity index (χ3v) is 4.67. The summed E-state index contributed by atoms with van der Waals surface area (Å²) in [5, 5.41) is 9.87. The molecule has 1 amide bonds. The van der Waals surface area contributed by atoms with Gasteiger partial charge in [-0.1, -0.05) is 67.2 Å². The number of rotatable bonds is 4. The van der Waals surface area contributed by atoms with Gasteiger partial charge in [0.25, 0.3) is 5.91 Å². The van der Waals surface area contributed by atoms with Crippen molar-refractivity contribution in [3.8, 4) is 0 Å². The lowest BCUT2D eigenvalue weighted by Crippen LogP contribution is -2.51. The van der Waals surface area contributed by atoms with Crippen LogP contribution in [0.25, 0.3) is 0 Å². The smallest absolute Gasteiger partial charge is 0.318 e. The zero-order valence-electron chi connectivity index (χ0n) is 13.3. The lowest BCUT2D eigenvalue weighted by molar-refractivity contribution is -0.147. The van der Waals surface area contributed by atoms with Crippen LogP contribution in [0, 0.1) is 0 Å². The van der Waals surface area contributed by atoms with E-state index in [2.05, 4.69) is 6.58 Å². The highest BCUT2D eigenvalue weighted by molar-refractivity contribution is 6.04. The molecule has 4 heteroatoms. The van der Waals surface area contributed by atoms with E-state index in [0.29, 0.717) is 25.1 Å². The number of amides is 1. The fourth-order valence-corrected chi connectivity index (χ4v) is 3.28. The molecular formula is C20H19NO3. The van der Waals surface area contributed by atoms with Crippen molar-refractivity contribution in [1.82, 2.24) is 4.90 Å². The van der Waals surface area contributed by atoms with Crippen LogP contribution in [-0.2, 0) is 21.5 Å². The molecule has 3 rings (SSSR count). The van der Waals surface area contributed by atoms with Crippen LogP contribution < -0.4 is 0 Å². The second-order valence-corrected chi connectivity index (χ2v) is 6.02. The summed E-state index contributed by atoms with van der Waals surface area (Å²) in [6.45, 7) is 4.71. The molecule has 2 aromatic carbocycles. The first-order chi connectivity index (χ1) is 11.6. The molecule has 0 bridgehead atoms. The first-order valence-corrected chi connectivity index (χ1v) is 7.87. The Labute approximate surface area is 141 Å². The van der Waals surface area contributed by atoms with Gasteiger partial charge in [-0.3, -0.25) is 9.59 Å². The summed E-state index contributed by atoms with van der Waals surface area (Å²) >= 11 is 0. The summed E-state index contributed by atoms with van der Waals surface area (Å²) < 4.78 is 0. The van der Waals surface area contributed by atoms with E-state index in [1.54, 1.807) is 29.2 Å². The highest BCUT2D eigenvalue weighted by Crippen LogP contribution is 2.40. The molecule has 1 aliphatic heterocycles. The maximum absolute atomic E-state index is 12.8. The molecule has 1 heterocycles. The number of hydrogen-bond acceptors (Lipinski definition) is 2. The fraction of sp³-hybridized carbons (Fsp3) is 0.200. The van der Waals surface area contributed by atoms with Crippen LogP contribution in [0.2, 0.25) is 0 Å². The third-order valence-electron chi connectivity index (χ3n) is 4.67. The van der Waals surface area contributed by atoms with Crippen molar-refractivity contribution < 1.29 is 14.7 Å². The number of hydrogen-bond donors (Lipinski definition) is 1. The largest absolute Gasteiger partial charge is 0.480 e. The van der Waals surface area contributed by atoms with Crippen LogP contribution in [-0.4, -0.2) is 28.4 Å². The maximum atomic E-state index is 12.8. The van der Waals surface area contributed by atoms with Gasteiger partial charge in [-0.05, 0) is 17.5 Å². The van der Waals surface area contributed by atoms with Gasteiger partial charge < -0.3 is 10.0 Å². The number of carbonyl (C=O) groups is 2. The van der Waals surface area contributed by atoms with E-state index in [0.717, 1.165) is 5.56 Å². The molecule has 0 unspecified atom stereocenters. The number of nitrogens with zero attached hydrogens (tertiary/aromatic N) is 1. The Kier molecular flexibility index (Phi) is 4.21. The highest BCUT2D eigenvalue weighted by Gasteiger charge is 2.49. The molecule has 2 aromatic rings. The minimum absolute atomic E-state index is 0.128. The molecule has 24 heavy (non-hydrogen) atoms. The van der Waals surface area contributed by atoms with Crippen molar-refractivity contribution >= 4 is 11.9 Å². The molecule has 0 saturated carbocycles. The monoisotopic (exact) mass is 321 g/mol. The van der Waals surface area contributed by atoms with Crippen LogP contribution in [0.5, 0.6) is 0 Å². The average Bonchev–Trinajstić information content (AvgIpc) is 2.61. The Hall–Kier alpha value is -2.88. The SMILES string of the molecule is C=C1C(=O)N(Cc2ccccc2)CC[C@]1(C(=O)O)c1ccccc1. The molecule has 4 nitrogen and oxygen atoms in total. The van der Waals surface area contributed by atoms with Gasteiger partial charge in [0.2, 0.25) is 0 Å². The van der Waals surface area contributed by atoms with Gasteiger partial charge in [-0.15, -0.1) is 0 Å². The van der Waals surface area contributed by atoms with Crippen LogP contribution in [0.1, 0.15) is 17.5 Å². The standard InChI is InChI=1S/C20H19NO3/c1-15-18(22)21(14-16-8-4-2-5-9-16)13-12-20(15,19(23)24)17-10-6-3-7-11-17/h2-11H,1,12-14H2,(H,23,24)/t20-/m1/s1. The number of aliphatic carboxylic acids is 1. The first-order valence-electron chi connectivity index (χ1n) is 7.87. The van der Waals surface area contributed by atoms with Crippen LogP contribution in [0.3, 0.4) is 0 Å². The normalized spacial score (nSPS) is 20.9. The summed E-state index contributed by atoms with van der Waals surface area (Å²) in [4.78, 5) is 26.5. The van der Waals surface area contributed by atoms with Crippen LogP contribution in [0.4, 0.5) is 0 Å². The molecule has 1 atom stereocenters. The molecule has 1 N–H and O–H groups in total. The predicted octanol–water partition coefficient (Wildman–Crippen LogP) is 3.00. The van der Waals surface area contributed by atoms with Gasteiger partial charge in [-0.25, -0.2) is 0 Å². The van der Waals surface area contributed by atoms with E-state index in [1.807, 2.05) is 36.4 Å². The quantitative estimate of drug-likeness (QED) is 0.881. The van der Waals surface area contributed by atoms with Gasteiger partial charge in [-0.2, -0.15) is 0 Å². The van der Waals surface area contributed by atoms with Crippen LogP contribution >= 0.6 is 0 Å². The molecule has 122 valence electrons. The molecule has 0 radical (unpaired) electrons. The van der Waals surface area contributed by atoms with Crippen molar-refractivity contribution in [2.24, 2.45) is 0 Å². The topological polar surface area (TPSA) is 57.6 Å². The molecule has 0 aromatic heterocycles. The number of benzene rings is 2. The Morgan fingerprint density at radius 1 is 1.08 bits per heavy atom. The van der Waals surface area contributed by atoms with Gasteiger partial charge >= 0.3 is 5.97 Å². The van der Waals surface area contributed by atoms with Crippen molar-refractivity contribution in [3.05, 3.63) is 83.9 Å². The number of carboxylic acid groups (broad SMARTS) is 1. The zero-order valence-corrected chi connectivity index (χ0v) is 13.3. The summed E-state index contributed by atoms with van der Waals surface area (Å²) in [5.74, 6) is -1.32. The summed E-state index contributed by atoms with van der Waals surface area (Å²) in [7, 11) is 0. The molecular weight excluding hydrogens is 302 g/mol. The predicted molar refractivity (Wildman–Crippen MR) is 91.4 cm³/mol. The number of carbonyl (C=O) groups excluding carboxylic acids is 1. The Balaban J connectivity index is 1.91. The molecule has 1 fully saturated rings. The molecule has 1 aliphatic rings. The van der Waals surface area contributed by atoms with E-state index in [-0.39, 0.29) is 11.5 Å². The van der Waals surface area contributed by atoms with E-state index >= 15 is 0 Å². The number of piperidine rings is 1. The number of likely N-dealkylation sites (tertiary alicyclic amines) is 1. The minimum atomic E-state index is -1.34. The van der Waals surface area contributed by atoms with E-state index < -0.39 is 11.4 Å². The third kappa shape index (κ3) is 2.60. The summed E-state index contributed by atoms with van der Waals surface area (Å²) in [6, 6.07) is 18.6. The lowest BCUT2D eigenvalue weighted by atomic mass is 9.69. The van der Waals surface area contributed by atoms with Crippen molar-refractivity contribution in [2.75, 3.05) is 6.54 Å². The van der Waals surface area contributed by atoms with E-state index in [4.69, 9.17) is 0 Å². The Bertz CT molecular complexity index is 770.